The van der Waals surface area contributed by atoms with E-state index in [1.807, 2.05) is 19.1 Å². The van der Waals surface area contributed by atoms with Gasteiger partial charge in [0.2, 0.25) is 12.3 Å². The number of nitrogens with one attached hydrogen (secondary N) is 1. The van der Waals surface area contributed by atoms with Crippen molar-refractivity contribution in [2.75, 3.05) is 6.61 Å². The van der Waals surface area contributed by atoms with Crippen molar-refractivity contribution in [3.05, 3.63) is 46.0 Å². The average molecular weight is 332 g/mol. The molecule has 0 aliphatic heterocycles. The van der Waals surface area contributed by atoms with E-state index in [0.29, 0.717) is 18.0 Å². The van der Waals surface area contributed by atoms with Crippen LogP contribution in [0.4, 0.5) is 0 Å². The Hall–Kier alpha value is -2.21. The molecular weight excluding hydrogens is 312 g/mol. The lowest BCUT2D eigenvalue weighted by atomic mass is 9.92. The van der Waals surface area contributed by atoms with E-state index in [1.165, 1.54) is 29.0 Å². The van der Waals surface area contributed by atoms with Gasteiger partial charge in [-0.1, -0.05) is 29.5 Å². The molecule has 1 aromatic rings. The number of amides is 2. The van der Waals surface area contributed by atoms with E-state index >= 15 is 0 Å². The molecule has 5 nitrogen and oxygen atoms in total. The quantitative estimate of drug-likeness (QED) is 0.594. The molecule has 0 saturated carbocycles. The van der Waals surface area contributed by atoms with Crippen LogP contribution in [0.3, 0.4) is 0 Å². The summed E-state index contributed by atoms with van der Waals surface area (Å²) in [7, 11) is 0. The number of fused-ring (bicyclic) bond motifs is 1. The number of carbonyl (C=O) groups excluding carboxylic acids is 2. The first-order valence-electron chi connectivity index (χ1n) is 7.40. The molecule has 2 rings (SSSR count). The van der Waals surface area contributed by atoms with Gasteiger partial charge in [0.15, 0.2) is 0 Å². The van der Waals surface area contributed by atoms with Crippen LogP contribution in [0.2, 0.25) is 0 Å². The summed E-state index contributed by atoms with van der Waals surface area (Å²) in [6, 6.07) is 6.00. The standard InChI is InChI=1S/C17H20N2O3S/c1-3-22-13-6-4-5-12-8-7-11(2)17(16(12)13)23-15(19-10-20)9-14(18)21/h4-6,9-10H,3,7-8H2,1-2H3,(H2,18,21)(H,19,20)/b15-9+. The number of hydrogen-bond donors (Lipinski definition) is 2. The van der Waals surface area contributed by atoms with Gasteiger partial charge in [-0.25, -0.2) is 0 Å². The summed E-state index contributed by atoms with van der Waals surface area (Å²) >= 11 is 1.33. The number of rotatable bonds is 7. The first-order valence-corrected chi connectivity index (χ1v) is 8.22. The molecule has 2 amide bonds. The van der Waals surface area contributed by atoms with Crippen molar-refractivity contribution < 1.29 is 14.3 Å². The lowest BCUT2D eigenvalue weighted by Crippen LogP contribution is -2.14. The number of primary amides is 1. The Labute approximate surface area is 140 Å². The zero-order chi connectivity index (χ0) is 16.8. The Morgan fingerprint density at radius 2 is 2.22 bits per heavy atom. The van der Waals surface area contributed by atoms with E-state index in [1.54, 1.807) is 0 Å². The van der Waals surface area contributed by atoms with Crippen LogP contribution >= 0.6 is 11.8 Å². The molecule has 0 saturated heterocycles. The third kappa shape index (κ3) is 4.16. The number of nitrogens with two attached hydrogens (primary N) is 1. The fourth-order valence-corrected chi connectivity index (χ4v) is 3.62. The van der Waals surface area contributed by atoms with Crippen molar-refractivity contribution in [1.82, 2.24) is 5.32 Å². The Morgan fingerprint density at radius 3 is 2.87 bits per heavy atom. The van der Waals surface area contributed by atoms with Crippen LogP contribution in [0.25, 0.3) is 4.91 Å². The molecule has 0 heterocycles. The topological polar surface area (TPSA) is 81.4 Å². The second-order valence-corrected chi connectivity index (χ2v) is 6.16. The van der Waals surface area contributed by atoms with Gasteiger partial charge in [0.1, 0.15) is 5.75 Å². The minimum absolute atomic E-state index is 0.404. The molecule has 1 aliphatic carbocycles. The van der Waals surface area contributed by atoms with Crippen LogP contribution in [-0.4, -0.2) is 18.9 Å². The highest BCUT2D eigenvalue weighted by Crippen LogP contribution is 2.45. The fourth-order valence-electron chi connectivity index (χ4n) is 2.50. The number of thioether (sulfide) groups is 1. The van der Waals surface area contributed by atoms with E-state index < -0.39 is 5.91 Å². The number of ether oxygens (including phenoxy) is 1. The summed E-state index contributed by atoms with van der Waals surface area (Å²) in [5, 5.41) is 2.94. The zero-order valence-electron chi connectivity index (χ0n) is 13.2. The Bertz CT molecular complexity index is 680. The van der Waals surface area contributed by atoms with Crippen molar-refractivity contribution in [3.63, 3.8) is 0 Å². The molecule has 6 heteroatoms. The fraction of sp³-hybridized carbons (Fsp3) is 0.294. The van der Waals surface area contributed by atoms with E-state index in [2.05, 4.69) is 18.3 Å². The van der Waals surface area contributed by atoms with E-state index in [9.17, 15) is 9.59 Å². The summed E-state index contributed by atoms with van der Waals surface area (Å²) in [6.07, 6.45) is 3.63. The van der Waals surface area contributed by atoms with Crippen LogP contribution in [-0.2, 0) is 16.0 Å². The van der Waals surface area contributed by atoms with Gasteiger partial charge in [0, 0.05) is 16.5 Å². The SMILES string of the molecule is CCOc1cccc2c1C(S/C(=C/C(N)=O)NC=O)=C(C)CC2. The van der Waals surface area contributed by atoms with Crippen molar-refractivity contribution >= 4 is 29.0 Å². The zero-order valence-corrected chi connectivity index (χ0v) is 14.0. The van der Waals surface area contributed by atoms with Gasteiger partial charge in [-0.05, 0) is 38.3 Å². The molecule has 0 fully saturated rings. The number of carbonyl (C=O) groups is 2. The van der Waals surface area contributed by atoms with Gasteiger partial charge >= 0.3 is 0 Å². The molecule has 122 valence electrons. The van der Waals surface area contributed by atoms with Gasteiger partial charge in [-0.3, -0.25) is 9.59 Å². The van der Waals surface area contributed by atoms with Crippen LogP contribution in [0, 0.1) is 0 Å². The van der Waals surface area contributed by atoms with E-state index in [-0.39, 0.29) is 0 Å². The third-order valence-electron chi connectivity index (χ3n) is 3.48. The van der Waals surface area contributed by atoms with Gasteiger partial charge in [0.25, 0.3) is 0 Å². The second kappa shape index (κ2) is 7.87. The maximum atomic E-state index is 11.2. The predicted molar refractivity (Wildman–Crippen MR) is 92.6 cm³/mol. The lowest BCUT2D eigenvalue weighted by Gasteiger charge is -2.24. The number of benzene rings is 1. The van der Waals surface area contributed by atoms with Crippen molar-refractivity contribution in [2.24, 2.45) is 5.73 Å². The van der Waals surface area contributed by atoms with Gasteiger partial charge in [0.05, 0.1) is 11.6 Å². The molecule has 0 radical (unpaired) electrons. The third-order valence-corrected chi connectivity index (χ3v) is 4.70. The van der Waals surface area contributed by atoms with Crippen LogP contribution in [0.1, 0.15) is 31.4 Å². The molecule has 1 aromatic carbocycles. The van der Waals surface area contributed by atoms with Gasteiger partial charge in [-0.15, -0.1) is 0 Å². The first kappa shape index (κ1) is 17.1. The highest BCUT2D eigenvalue weighted by atomic mass is 32.2. The van der Waals surface area contributed by atoms with Gasteiger partial charge < -0.3 is 15.8 Å². The smallest absolute Gasteiger partial charge is 0.244 e. The molecule has 0 atom stereocenters. The van der Waals surface area contributed by atoms with Crippen LogP contribution in [0.15, 0.2) is 34.9 Å². The number of allylic oxidation sites excluding steroid dienone is 1. The highest BCUT2D eigenvalue weighted by molar-refractivity contribution is 8.11. The van der Waals surface area contributed by atoms with Crippen LogP contribution < -0.4 is 15.8 Å². The predicted octanol–water partition coefficient (Wildman–Crippen LogP) is 2.57. The summed E-state index contributed by atoms with van der Waals surface area (Å²) in [5.74, 6) is 0.213. The molecule has 0 unspecified atom stereocenters. The minimum atomic E-state index is -0.603. The first-order chi connectivity index (χ1) is 11.1. The Morgan fingerprint density at radius 1 is 1.43 bits per heavy atom. The number of hydrogen-bond acceptors (Lipinski definition) is 4. The Kier molecular flexibility index (Phi) is 5.87. The normalized spacial score (nSPS) is 14.3. The maximum Gasteiger partial charge on any atom is 0.244 e. The largest absolute Gasteiger partial charge is 0.493 e. The second-order valence-electron chi connectivity index (χ2n) is 5.11. The van der Waals surface area contributed by atoms with E-state index in [0.717, 1.165) is 29.1 Å². The maximum absolute atomic E-state index is 11.2. The molecule has 0 bridgehead atoms. The Balaban J connectivity index is 2.46. The number of aryl methyl sites for hydroxylation is 1. The van der Waals surface area contributed by atoms with Crippen molar-refractivity contribution in [1.29, 1.82) is 0 Å². The molecule has 23 heavy (non-hydrogen) atoms. The molecule has 1 aliphatic rings. The summed E-state index contributed by atoms with van der Waals surface area (Å²) < 4.78 is 5.76. The van der Waals surface area contributed by atoms with Gasteiger partial charge in [-0.2, -0.15) is 0 Å². The highest BCUT2D eigenvalue weighted by Gasteiger charge is 2.22. The minimum Gasteiger partial charge on any atom is -0.493 e. The van der Waals surface area contributed by atoms with Crippen molar-refractivity contribution in [2.45, 2.75) is 26.7 Å². The van der Waals surface area contributed by atoms with E-state index in [4.69, 9.17) is 10.5 Å². The molecule has 3 N–H and O–H groups in total. The molecular formula is C17H20N2O3S. The molecule has 0 aromatic heterocycles. The van der Waals surface area contributed by atoms with Crippen molar-refractivity contribution in [3.8, 4) is 5.75 Å². The molecule has 0 spiro atoms. The van der Waals surface area contributed by atoms with Crippen LogP contribution in [0.5, 0.6) is 5.75 Å². The summed E-state index contributed by atoms with van der Waals surface area (Å²) in [4.78, 5) is 22.9. The average Bonchev–Trinajstić information content (AvgIpc) is 2.50. The summed E-state index contributed by atoms with van der Waals surface area (Å²) in [6.45, 7) is 4.57. The monoisotopic (exact) mass is 332 g/mol. The summed E-state index contributed by atoms with van der Waals surface area (Å²) in [5.41, 5.74) is 8.64. The lowest BCUT2D eigenvalue weighted by molar-refractivity contribution is -0.113.